The van der Waals surface area contributed by atoms with Crippen LogP contribution in [0.5, 0.6) is 0 Å². The normalized spacial score (nSPS) is 16.9. The van der Waals surface area contributed by atoms with Crippen molar-refractivity contribution in [2.24, 2.45) is 0 Å². The molecule has 2 nitrogen and oxygen atoms in total. The van der Waals surface area contributed by atoms with Crippen LogP contribution in [0.4, 0.5) is 4.39 Å². The molecule has 0 saturated heterocycles. The Balaban J connectivity index is 1.86. The minimum atomic E-state index is -0.287. The van der Waals surface area contributed by atoms with E-state index in [0.29, 0.717) is 11.6 Å². The summed E-state index contributed by atoms with van der Waals surface area (Å²) in [6, 6.07) is 6.51. The minimum Gasteiger partial charge on any atom is -0.350 e. The Kier molecular flexibility index (Phi) is 4.51. The predicted molar refractivity (Wildman–Crippen MR) is 70.4 cm³/mol. The minimum absolute atomic E-state index is 0.0915. The Morgan fingerprint density at radius 2 is 2.06 bits per heavy atom. The SMILES string of the molecule is O=C(/C=C\c1cccc(F)c1)NC1CCCCC1. The van der Waals surface area contributed by atoms with Gasteiger partial charge in [-0.2, -0.15) is 0 Å². The third-order valence-electron chi connectivity index (χ3n) is 3.23. The van der Waals surface area contributed by atoms with Crippen molar-refractivity contribution >= 4 is 12.0 Å². The highest BCUT2D eigenvalue weighted by molar-refractivity contribution is 5.91. The molecule has 0 spiro atoms. The van der Waals surface area contributed by atoms with Gasteiger partial charge in [0.05, 0.1) is 0 Å². The molecule has 1 aliphatic rings. The first-order valence-corrected chi connectivity index (χ1v) is 6.48. The number of halogens is 1. The van der Waals surface area contributed by atoms with Gasteiger partial charge >= 0.3 is 0 Å². The molecule has 1 N–H and O–H groups in total. The van der Waals surface area contributed by atoms with E-state index in [1.165, 1.54) is 37.5 Å². The Labute approximate surface area is 107 Å². The number of rotatable bonds is 3. The van der Waals surface area contributed by atoms with Crippen molar-refractivity contribution in [1.29, 1.82) is 0 Å². The molecule has 1 amide bonds. The van der Waals surface area contributed by atoms with Crippen molar-refractivity contribution in [2.45, 2.75) is 38.1 Å². The van der Waals surface area contributed by atoms with Gasteiger partial charge in [-0.05, 0) is 36.6 Å². The zero-order chi connectivity index (χ0) is 12.8. The van der Waals surface area contributed by atoms with Crippen molar-refractivity contribution in [3.05, 3.63) is 41.7 Å². The third kappa shape index (κ3) is 3.99. The summed E-state index contributed by atoms with van der Waals surface area (Å²) in [4.78, 5) is 11.7. The lowest BCUT2D eigenvalue weighted by Crippen LogP contribution is -2.34. The van der Waals surface area contributed by atoms with Gasteiger partial charge in [0, 0.05) is 12.1 Å². The first kappa shape index (κ1) is 12.8. The second-order valence-electron chi connectivity index (χ2n) is 4.73. The highest BCUT2D eigenvalue weighted by Crippen LogP contribution is 2.17. The Morgan fingerprint density at radius 3 is 2.78 bits per heavy atom. The van der Waals surface area contributed by atoms with E-state index in [2.05, 4.69) is 5.32 Å². The van der Waals surface area contributed by atoms with Crippen LogP contribution in [-0.4, -0.2) is 11.9 Å². The number of hydrogen-bond donors (Lipinski definition) is 1. The highest BCUT2D eigenvalue weighted by atomic mass is 19.1. The average molecular weight is 247 g/mol. The van der Waals surface area contributed by atoms with E-state index in [-0.39, 0.29) is 11.7 Å². The number of amides is 1. The molecule has 0 bridgehead atoms. The van der Waals surface area contributed by atoms with Gasteiger partial charge in [0.15, 0.2) is 0 Å². The van der Waals surface area contributed by atoms with Crippen molar-refractivity contribution in [3.8, 4) is 0 Å². The van der Waals surface area contributed by atoms with E-state index in [1.807, 2.05) is 0 Å². The molecule has 0 aromatic heterocycles. The summed E-state index contributed by atoms with van der Waals surface area (Å²) in [5, 5.41) is 2.98. The summed E-state index contributed by atoms with van der Waals surface area (Å²) < 4.78 is 12.9. The molecule has 1 fully saturated rings. The predicted octanol–water partition coefficient (Wildman–Crippen LogP) is 3.29. The summed E-state index contributed by atoms with van der Waals surface area (Å²) in [7, 11) is 0. The number of carbonyl (C=O) groups is 1. The number of benzene rings is 1. The highest BCUT2D eigenvalue weighted by Gasteiger charge is 2.13. The molecular formula is C15H18FNO. The van der Waals surface area contributed by atoms with Crippen molar-refractivity contribution in [2.75, 3.05) is 0 Å². The monoisotopic (exact) mass is 247 g/mol. The average Bonchev–Trinajstić information content (AvgIpc) is 2.38. The van der Waals surface area contributed by atoms with E-state index in [0.717, 1.165) is 12.8 Å². The Morgan fingerprint density at radius 1 is 1.28 bits per heavy atom. The van der Waals surface area contributed by atoms with Gasteiger partial charge in [0.2, 0.25) is 5.91 Å². The van der Waals surface area contributed by atoms with Gasteiger partial charge in [-0.1, -0.05) is 31.4 Å². The van der Waals surface area contributed by atoms with Gasteiger partial charge in [0.1, 0.15) is 5.82 Å². The van der Waals surface area contributed by atoms with E-state index in [1.54, 1.807) is 18.2 Å². The maximum absolute atomic E-state index is 12.9. The van der Waals surface area contributed by atoms with Gasteiger partial charge in [-0.25, -0.2) is 4.39 Å². The van der Waals surface area contributed by atoms with Crippen LogP contribution in [0.15, 0.2) is 30.3 Å². The molecule has 0 unspecified atom stereocenters. The van der Waals surface area contributed by atoms with Crippen LogP contribution >= 0.6 is 0 Å². The van der Waals surface area contributed by atoms with Crippen LogP contribution in [-0.2, 0) is 4.79 Å². The summed E-state index contributed by atoms with van der Waals surface area (Å²) >= 11 is 0. The zero-order valence-electron chi connectivity index (χ0n) is 10.4. The van der Waals surface area contributed by atoms with E-state index in [4.69, 9.17) is 0 Å². The molecule has 0 radical (unpaired) electrons. The summed E-state index contributed by atoms with van der Waals surface area (Å²) in [5.41, 5.74) is 0.703. The van der Waals surface area contributed by atoms with Gasteiger partial charge < -0.3 is 5.32 Å². The Bertz CT molecular complexity index is 436. The smallest absolute Gasteiger partial charge is 0.244 e. The third-order valence-corrected chi connectivity index (χ3v) is 3.23. The standard InChI is InChI=1S/C15H18FNO/c16-13-6-4-5-12(11-13)9-10-15(18)17-14-7-2-1-3-8-14/h4-6,9-11,14H,1-3,7-8H2,(H,17,18)/b10-9-. The fourth-order valence-electron chi connectivity index (χ4n) is 2.28. The fourth-order valence-corrected chi connectivity index (χ4v) is 2.28. The molecule has 1 aromatic rings. The lowest BCUT2D eigenvalue weighted by molar-refractivity contribution is -0.117. The molecule has 96 valence electrons. The first-order chi connectivity index (χ1) is 8.74. The van der Waals surface area contributed by atoms with Crippen LogP contribution in [0.2, 0.25) is 0 Å². The van der Waals surface area contributed by atoms with Crippen LogP contribution < -0.4 is 5.32 Å². The zero-order valence-corrected chi connectivity index (χ0v) is 10.4. The molecule has 0 aliphatic heterocycles. The number of hydrogen-bond acceptors (Lipinski definition) is 1. The van der Waals surface area contributed by atoms with E-state index >= 15 is 0 Å². The summed E-state index contributed by atoms with van der Waals surface area (Å²) in [5.74, 6) is -0.379. The second-order valence-corrected chi connectivity index (χ2v) is 4.73. The quantitative estimate of drug-likeness (QED) is 0.816. The van der Waals surface area contributed by atoms with Crippen LogP contribution in [0.3, 0.4) is 0 Å². The lowest BCUT2D eigenvalue weighted by atomic mass is 9.95. The van der Waals surface area contributed by atoms with E-state index in [9.17, 15) is 9.18 Å². The lowest BCUT2D eigenvalue weighted by Gasteiger charge is -2.21. The maximum Gasteiger partial charge on any atom is 0.244 e. The molecular weight excluding hydrogens is 229 g/mol. The Hall–Kier alpha value is -1.64. The molecule has 1 aromatic carbocycles. The van der Waals surface area contributed by atoms with Crippen LogP contribution in [0, 0.1) is 5.82 Å². The molecule has 1 aliphatic carbocycles. The van der Waals surface area contributed by atoms with Crippen molar-refractivity contribution < 1.29 is 9.18 Å². The van der Waals surface area contributed by atoms with Crippen molar-refractivity contribution in [1.82, 2.24) is 5.32 Å². The van der Waals surface area contributed by atoms with Gasteiger partial charge in [0.25, 0.3) is 0 Å². The fraction of sp³-hybridized carbons (Fsp3) is 0.400. The summed E-state index contributed by atoms with van der Waals surface area (Å²) in [6.07, 6.45) is 8.91. The molecule has 1 saturated carbocycles. The second kappa shape index (κ2) is 6.34. The molecule has 0 atom stereocenters. The first-order valence-electron chi connectivity index (χ1n) is 6.48. The van der Waals surface area contributed by atoms with Crippen molar-refractivity contribution in [3.63, 3.8) is 0 Å². The molecule has 3 heteroatoms. The number of nitrogens with one attached hydrogen (secondary N) is 1. The van der Waals surface area contributed by atoms with E-state index < -0.39 is 0 Å². The van der Waals surface area contributed by atoms with Gasteiger partial charge in [-0.3, -0.25) is 4.79 Å². The van der Waals surface area contributed by atoms with Crippen LogP contribution in [0.25, 0.3) is 6.08 Å². The summed E-state index contributed by atoms with van der Waals surface area (Å²) in [6.45, 7) is 0. The number of carbonyl (C=O) groups excluding carboxylic acids is 1. The largest absolute Gasteiger partial charge is 0.350 e. The topological polar surface area (TPSA) is 29.1 Å². The molecule has 18 heavy (non-hydrogen) atoms. The van der Waals surface area contributed by atoms with Gasteiger partial charge in [-0.15, -0.1) is 0 Å². The molecule has 2 rings (SSSR count). The van der Waals surface area contributed by atoms with Crippen LogP contribution in [0.1, 0.15) is 37.7 Å². The molecule has 0 heterocycles. The maximum atomic E-state index is 12.9.